The van der Waals surface area contributed by atoms with E-state index in [1.807, 2.05) is 19.9 Å². The van der Waals surface area contributed by atoms with E-state index < -0.39 is 17.8 Å². The van der Waals surface area contributed by atoms with Crippen molar-refractivity contribution in [3.63, 3.8) is 0 Å². The topological polar surface area (TPSA) is 103 Å². The van der Waals surface area contributed by atoms with Crippen LogP contribution in [0.5, 0.6) is 23.0 Å². The van der Waals surface area contributed by atoms with E-state index in [2.05, 4.69) is 11.9 Å². The summed E-state index contributed by atoms with van der Waals surface area (Å²) in [6.45, 7) is 8.78. The van der Waals surface area contributed by atoms with Crippen molar-refractivity contribution in [2.75, 3.05) is 27.4 Å². The van der Waals surface area contributed by atoms with E-state index in [0.717, 1.165) is 23.3 Å². The Kier molecular flexibility index (Phi) is 9.92. The molecule has 0 aliphatic carbocycles. The first kappa shape index (κ1) is 28.3. The standard InChI is InChI=1S/C29H34N2O7/c1-6-9-21-14-20(17-25(36-5)26(21)38-13-8-3)15-22-27(32)30-29(34)31(28(22)33)18-19-10-11-23(37-12-7-2)24(16-19)35-4/h6,10-11,14-17H,1,7-9,12-13,18H2,2-5H3,(H,30,32,34)/b22-15+. The van der Waals surface area contributed by atoms with Gasteiger partial charge in [0.05, 0.1) is 34.0 Å². The van der Waals surface area contributed by atoms with Gasteiger partial charge >= 0.3 is 6.03 Å². The summed E-state index contributed by atoms with van der Waals surface area (Å²) in [5.41, 5.74) is 1.81. The Balaban J connectivity index is 1.93. The molecule has 1 aliphatic rings. The van der Waals surface area contributed by atoms with E-state index in [1.54, 1.807) is 30.3 Å². The third kappa shape index (κ3) is 6.53. The van der Waals surface area contributed by atoms with E-state index in [9.17, 15) is 14.4 Å². The molecular weight excluding hydrogens is 488 g/mol. The molecule has 38 heavy (non-hydrogen) atoms. The summed E-state index contributed by atoms with van der Waals surface area (Å²) in [5, 5.41) is 2.26. The third-order valence-electron chi connectivity index (χ3n) is 5.72. The number of imide groups is 2. The number of amides is 4. The van der Waals surface area contributed by atoms with Crippen molar-refractivity contribution < 1.29 is 33.3 Å². The molecule has 0 unspecified atom stereocenters. The highest BCUT2D eigenvalue weighted by molar-refractivity contribution is 6.31. The molecule has 0 saturated carbocycles. The van der Waals surface area contributed by atoms with Gasteiger partial charge in [0.1, 0.15) is 5.57 Å². The Morgan fingerprint density at radius 3 is 2.29 bits per heavy atom. The number of methoxy groups -OCH3 is 2. The second-order valence-corrected chi connectivity index (χ2v) is 8.59. The van der Waals surface area contributed by atoms with Crippen molar-refractivity contribution in [1.82, 2.24) is 10.2 Å². The SMILES string of the molecule is C=CCc1cc(/C=C2\C(=O)NC(=O)N(Cc3ccc(OCCC)c(OC)c3)C2=O)cc(OC)c1OCCC. The van der Waals surface area contributed by atoms with E-state index in [-0.39, 0.29) is 12.1 Å². The molecule has 0 bridgehead atoms. The van der Waals surface area contributed by atoms with Crippen LogP contribution in [-0.2, 0) is 22.6 Å². The third-order valence-corrected chi connectivity index (χ3v) is 5.72. The molecule has 1 heterocycles. The predicted octanol–water partition coefficient (Wildman–Crippen LogP) is 4.67. The maximum absolute atomic E-state index is 13.3. The first-order valence-electron chi connectivity index (χ1n) is 12.5. The van der Waals surface area contributed by atoms with E-state index in [1.165, 1.54) is 20.3 Å². The number of allylic oxidation sites excluding steroid dienone is 1. The molecule has 0 aromatic heterocycles. The lowest BCUT2D eigenvalue weighted by Gasteiger charge is -2.26. The van der Waals surface area contributed by atoms with Gasteiger partial charge in [-0.25, -0.2) is 4.79 Å². The number of carbonyl (C=O) groups is 3. The molecule has 1 aliphatic heterocycles. The highest BCUT2D eigenvalue weighted by atomic mass is 16.5. The first-order valence-corrected chi connectivity index (χ1v) is 12.5. The maximum Gasteiger partial charge on any atom is 0.331 e. The Morgan fingerprint density at radius 1 is 0.921 bits per heavy atom. The van der Waals surface area contributed by atoms with Crippen LogP contribution in [0.2, 0.25) is 0 Å². The lowest BCUT2D eigenvalue weighted by atomic mass is 10.0. The van der Waals surface area contributed by atoms with Gasteiger partial charge in [-0.1, -0.05) is 26.0 Å². The van der Waals surface area contributed by atoms with E-state index in [0.29, 0.717) is 53.8 Å². The van der Waals surface area contributed by atoms with Crippen LogP contribution >= 0.6 is 0 Å². The van der Waals surface area contributed by atoms with Crippen molar-refractivity contribution >= 4 is 23.9 Å². The highest BCUT2D eigenvalue weighted by Gasteiger charge is 2.36. The van der Waals surface area contributed by atoms with Gasteiger partial charge in [0.25, 0.3) is 11.8 Å². The molecule has 1 saturated heterocycles. The number of hydrogen-bond acceptors (Lipinski definition) is 7. The fraction of sp³-hybridized carbons (Fsp3) is 0.345. The first-order chi connectivity index (χ1) is 18.4. The molecular formula is C29H34N2O7. The summed E-state index contributed by atoms with van der Waals surface area (Å²) >= 11 is 0. The molecule has 202 valence electrons. The highest BCUT2D eigenvalue weighted by Crippen LogP contribution is 2.35. The fourth-order valence-electron chi connectivity index (χ4n) is 3.92. The van der Waals surface area contributed by atoms with Crippen LogP contribution in [0.15, 0.2) is 48.6 Å². The van der Waals surface area contributed by atoms with Crippen molar-refractivity contribution in [1.29, 1.82) is 0 Å². The number of nitrogens with zero attached hydrogens (tertiary/aromatic N) is 1. The minimum atomic E-state index is -0.796. The molecule has 0 atom stereocenters. The predicted molar refractivity (Wildman–Crippen MR) is 144 cm³/mol. The Morgan fingerprint density at radius 2 is 1.63 bits per heavy atom. The Bertz CT molecular complexity index is 1240. The minimum Gasteiger partial charge on any atom is -0.493 e. The normalized spacial score (nSPS) is 14.4. The molecule has 2 aromatic carbocycles. The number of nitrogens with one attached hydrogen (secondary N) is 1. The second kappa shape index (κ2) is 13.3. The average molecular weight is 523 g/mol. The minimum absolute atomic E-state index is 0.0610. The molecule has 3 rings (SSSR count). The molecule has 0 radical (unpaired) electrons. The summed E-state index contributed by atoms with van der Waals surface area (Å²) < 4.78 is 22.5. The van der Waals surface area contributed by atoms with Crippen LogP contribution in [0.1, 0.15) is 43.4 Å². The molecule has 1 fully saturated rings. The zero-order valence-corrected chi connectivity index (χ0v) is 22.3. The summed E-state index contributed by atoms with van der Waals surface area (Å²) in [6, 6.07) is 7.88. The van der Waals surface area contributed by atoms with Gasteiger partial charge in [-0.15, -0.1) is 6.58 Å². The van der Waals surface area contributed by atoms with Crippen LogP contribution in [0.3, 0.4) is 0 Å². The lowest BCUT2D eigenvalue weighted by Crippen LogP contribution is -2.53. The molecule has 1 N–H and O–H groups in total. The van der Waals surface area contributed by atoms with Gasteiger partial charge in [-0.3, -0.25) is 19.8 Å². The Hall–Kier alpha value is -4.27. The van der Waals surface area contributed by atoms with Gasteiger partial charge in [0, 0.05) is 5.56 Å². The number of benzene rings is 2. The van der Waals surface area contributed by atoms with Crippen molar-refractivity contribution in [3.8, 4) is 23.0 Å². The quantitative estimate of drug-likeness (QED) is 0.232. The zero-order chi connectivity index (χ0) is 27.7. The summed E-state index contributed by atoms with van der Waals surface area (Å²) in [7, 11) is 3.04. The molecule has 4 amide bonds. The van der Waals surface area contributed by atoms with E-state index >= 15 is 0 Å². The van der Waals surface area contributed by atoms with Gasteiger partial charge in [0.2, 0.25) is 0 Å². The number of carbonyl (C=O) groups excluding carboxylic acids is 3. The monoisotopic (exact) mass is 522 g/mol. The van der Waals surface area contributed by atoms with Gasteiger partial charge < -0.3 is 18.9 Å². The molecule has 9 nitrogen and oxygen atoms in total. The fourth-order valence-corrected chi connectivity index (χ4v) is 3.92. The van der Waals surface area contributed by atoms with Gasteiger partial charge in [0.15, 0.2) is 23.0 Å². The largest absolute Gasteiger partial charge is 0.493 e. The van der Waals surface area contributed by atoms with Crippen molar-refractivity contribution in [2.24, 2.45) is 0 Å². The molecule has 9 heteroatoms. The zero-order valence-electron chi connectivity index (χ0n) is 22.3. The van der Waals surface area contributed by atoms with Crippen LogP contribution in [0.4, 0.5) is 4.79 Å². The summed E-state index contributed by atoms with van der Waals surface area (Å²) in [5.74, 6) is 0.637. The molecule has 2 aromatic rings. The second-order valence-electron chi connectivity index (χ2n) is 8.59. The number of ether oxygens (including phenoxy) is 4. The number of barbiturate groups is 1. The number of rotatable bonds is 13. The number of hydrogen-bond donors (Lipinski definition) is 1. The maximum atomic E-state index is 13.3. The average Bonchev–Trinajstić information content (AvgIpc) is 2.91. The van der Waals surface area contributed by atoms with Crippen molar-refractivity contribution in [3.05, 3.63) is 65.3 Å². The molecule has 0 spiro atoms. The Labute approximate surface area is 223 Å². The smallest absolute Gasteiger partial charge is 0.331 e. The van der Waals surface area contributed by atoms with E-state index in [4.69, 9.17) is 18.9 Å². The lowest BCUT2D eigenvalue weighted by molar-refractivity contribution is -0.130. The number of urea groups is 1. The summed E-state index contributed by atoms with van der Waals surface area (Å²) in [4.78, 5) is 39.6. The van der Waals surface area contributed by atoms with Crippen molar-refractivity contribution in [2.45, 2.75) is 39.7 Å². The van der Waals surface area contributed by atoms with Gasteiger partial charge in [-0.05, 0) is 60.7 Å². The van der Waals surface area contributed by atoms with Crippen LogP contribution < -0.4 is 24.3 Å². The van der Waals surface area contributed by atoms with Crippen LogP contribution in [0, 0.1) is 0 Å². The van der Waals surface area contributed by atoms with Gasteiger partial charge in [-0.2, -0.15) is 0 Å². The summed E-state index contributed by atoms with van der Waals surface area (Å²) in [6.07, 6.45) is 5.33. The van der Waals surface area contributed by atoms with Crippen LogP contribution in [-0.4, -0.2) is 50.2 Å². The van der Waals surface area contributed by atoms with Crippen LogP contribution in [0.25, 0.3) is 6.08 Å².